The van der Waals surface area contributed by atoms with Gasteiger partial charge in [-0.3, -0.25) is 4.79 Å². The van der Waals surface area contributed by atoms with Gasteiger partial charge in [-0.15, -0.1) is 0 Å². The summed E-state index contributed by atoms with van der Waals surface area (Å²) in [5.74, 6) is 0.865. The molecule has 4 aromatic rings. The zero-order valence-corrected chi connectivity index (χ0v) is 11.9. The summed E-state index contributed by atoms with van der Waals surface area (Å²) >= 11 is 0. The molecule has 0 aliphatic heterocycles. The van der Waals surface area contributed by atoms with Crippen molar-refractivity contribution in [3.05, 3.63) is 60.1 Å². The number of rotatable bonds is 2. The molecule has 0 spiro atoms. The van der Waals surface area contributed by atoms with Crippen LogP contribution in [0.2, 0.25) is 0 Å². The largest absolute Gasteiger partial charge is 0.451 e. The van der Waals surface area contributed by atoms with Gasteiger partial charge in [-0.05, 0) is 37.3 Å². The highest BCUT2D eigenvalue weighted by Gasteiger charge is 2.12. The summed E-state index contributed by atoms with van der Waals surface area (Å²) in [6, 6.07) is 14.8. The maximum Gasteiger partial charge on any atom is 0.291 e. The molecule has 108 valence electrons. The third-order valence-electron chi connectivity index (χ3n) is 3.51. The van der Waals surface area contributed by atoms with E-state index < -0.39 is 0 Å². The van der Waals surface area contributed by atoms with Gasteiger partial charge in [-0.1, -0.05) is 18.2 Å². The van der Waals surface area contributed by atoms with Crippen LogP contribution in [-0.2, 0) is 0 Å². The average molecular weight is 291 g/mol. The predicted molar refractivity (Wildman–Crippen MR) is 85.0 cm³/mol. The molecular weight excluding hydrogens is 278 g/mol. The van der Waals surface area contributed by atoms with Crippen LogP contribution in [0.15, 0.2) is 52.9 Å². The number of fused-ring (bicyclic) bond motifs is 2. The number of benzene rings is 2. The highest BCUT2D eigenvalue weighted by molar-refractivity contribution is 6.05. The monoisotopic (exact) mass is 291 g/mol. The standard InChI is InChI=1S/C17H13N3O2/c1-10-18-13-7-6-12(9-14(13)19-10)20-17(21)16-8-11-4-2-3-5-15(11)22-16/h2-9H,1H3,(H,18,19)(H,20,21). The Morgan fingerprint density at radius 2 is 2.05 bits per heavy atom. The summed E-state index contributed by atoms with van der Waals surface area (Å²) in [7, 11) is 0. The van der Waals surface area contributed by atoms with Crippen molar-refractivity contribution in [2.45, 2.75) is 6.92 Å². The number of hydrogen-bond donors (Lipinski definition) is 2. The molecule has 1 amide bonds. The van der Waals surface area contributed by atoms with Crippen molar-refractivity contribution in [3.8, 4) is 0 Å². The number of imidazole rings is 1. The molecule has 0 radical (unpaired) electrons. The van der Waals surface area contributed by atoms with E-state index in [1.165, 1.54) is 0 Å². The van der Waals surface area contributed by atoms with Crippen LogP contribution in [0.4, 0.5) is 5.69 Å². The second-order valence-electron chi connectivity index (χ2n) is 5.16. The Labute approximate surface area is 126 Å². The molecule has 0 fully saturated rings. The second kappa shape index (κ2) is 4.73. The minimum Gasteiger partial charge on any atom is -0.451 e. The number of nitrogens with one attached hydrogen (secondary N) is 2. The van der Waals surface area contributed by atoms with Crippen LogP contribution in [0.1, 0.15) is 16.4 Å². The molecule has 5 heteroatoms. The van der Waals surface area contributed by atoms with E-state index in [0.29, 0.717) is 17.0 Å². The second-order valence-corrected chi connectivity index (χ2v) is 5.16. The van der Waals surface area contributed by atoms with E-state index >= 15 is 0 Å². The number of para-hydroxylation sites is 1. The molecule has 2 aromatic carbocycles. The quantitative estimate of drug-likeness (QED) is 0.589. The summed E-state index contributed by atoms with van der Waals surface area (Å²) < 4.78 is 5.56. The highest BCUT2D eigenvalue weighted by Crippen LogP contribution is 2.21. The fraction of sp³-hybridized carbons (Fsp3) is 0.0588. The van der Waals surface area contributed by atoms with Gasteiger partial charge in [0.25, 0.3) is 5.91 Å². The Hall–Kier alpha value is -3.08. The fourth-order valence-electron chi connectivity index (χ4n) is 2.50. The molecule has 5 nitrogen and oxygen atoms in total. The molecule has 0 aliphatic rings. The summed E-state index contributed by atoms with van der Waals surface area (Å²) in [4.78, 5) is 19.8. The number of aryl methyl sites for hydroxylation is 1. The lowest BCUT2D eigenvalue weighted by atomic mass is 10.2. The first-order chi connectivity index (χ1) is 10.7. The fourth-order valence-corrected chi connectivity index (χ4v) is 2.50. The first-order valence-electron chi connectivity index (χ1n) is 6.95. The molecule has 0 bridgehead atoms. The van der Waals surface area contributed by atoms with Crippen LogP contribution in [0.3, 0.4) is 0 Å². The minimum atomic E-state index is -0.271. The molecule has 2 N–H and O–H groups in total. The van der Waals surface area contributed by atoms with Crippen LogP contribution in [0.5, 0.6) is 0 Å². The molecule has 0 saturated carbocycles. The third-order valence-corrected chi connectivity index (χ3v) is 3.51. The zero-order valence-electron chi connectivity index (χ0n) is 11.9. The van der Waals surface area contributed by atoms with Crippen molar-refractivity contribution < 1.29 is 9.21 Å². The molecule has 2 aromatic heterocycles. The van der Waals surface area contributed by atoms with Gasteiger partial charge in [-0.2, -0.15) is 0 Å². The average Bonchev–Trinajstić information content (AvgIpc) is 3.08. The van der Waals surface area contributed by atoms with Gasteiger partial charge in [0.1, 0.15) is 11.4 Å². The summed E-state index contributed by atoms with van der Waals surface area (Å²) in [6.45, 7) is 1.90. The van der Waals surface area contributed by atoms with Crippen molar-refractivity contribution in [1.29, 1.82) is 0 Å². The number of anilines is 1. The van der Waals surface area contributed by atoms with Crippen molar-refractivity contribution in [3.63, 3.8) is 0 Å². The summed E-state index contributed by atoms with van der Waals surface area (Å²) in [5.41, 5.74) is 3.16. The van der Waals surface area contributed by atoms with Gasteiger partial charge < -0.3 is 14.7 Å². The Balaban J connectivity index is 1.64. The number of aromatic nitrogens is 2. The number of aromatic amines is 1. The number of H-pyrrole nitrogens is 1. The predicted octanol–water partition coefficient (Wildman–Crippen LogP) is 3.87. The smallest absolute Gasteiger partial charge is 0.291 e. The number of nitrogens with zero attached hydrogens (tertiary/aromatic N) is 1. The Morgan fingerprint density at radius 3 is 2.91 bits per heavy atom. The van der Waals surface area contributed by atoms with Crippen molar-refractivity contribution in [2.75, 3.05) is 5.32 Å². The molecule has 0 saturated heterocycles. The van der Waals surface area contributed by atoms with E-state index in [4.69, 9.17) is 4.42 Å². The maximum atomic E-state index is 12.3. The van der Waals surface area contributed by atoms with Crippen LogP contribution >= 0.6 is 0 Å². The van der Waals surface area contributed by atoms with E-state index in [1.54, 1.807) is 6.07 Å². The van der Waals surface area contributed by atoms with E-state index in [9.17, 15) is 4.79 Å². The van der Waals surface area contributed by atoms with Crippen LogP contribution in [0.25, 0.3) is 22.0 Å². The highest BCUT2D eigenvalue weighted by atomic mass is 16.3. The van der Waals surface area contributed by atoms with Gasteiger partial charge in [0, 0.05) is 11.1 Å². The summed E-state index contributed by atoms with van der Waals surface area (Å²) in [5, 5.41) is 3.75. The maximum absolute atomic E-state index is 12.3. The number of amides is 1. The minimum absolute atomic E-state index is 0.271. The van der Waals surface area contributed by atoms with Gasteiger partial charge in [0.2, 0.25) is 0 Å². The molecule has 0 unspecified atom stereocenters. The van der Waals surface area contributed by atoms with Crippen LogP contribution in [-0.4, -0.2) is 15.9 Å². The van der Waals surface area contributed by atoms with Crippen molar-refractivity contribution in [2.24, 2.45) is 0 Å². The lowest BCUT2D eigenvalue weighted by Crippen LogP contribution is -2.10. The SMILES string of the molecule is Cc1nc2ccc(NC(=O)c3cc4ccccc4o3)cc2[nH]1. The van der Waals surface area contributed by atoms with Crippen LogP contribution < -0.4 is 5.32 Å². The summed E-state index contributed by atoms with van der Waals surface area (Å²) in [6.07, 6.45) is 0. The Kier molecular flexibility index (Phi) is 2.72. The third kappa shape index (κ3) is 2.13. The van der Waals surface area contributed by atoms with E-state index in [-0.39, 0.29) is 5.91 Å². The molecule has 2 heterocycles. The zero-order chi connectivity index (χ0) is 15.1. The van der Waals surface area contributed by atoms with Gasteiger partial charge in [0.15, 0.2) is 5.76 Å². The molecular formula is C17H13N3O2. The van der Waals surface area contributed by atoms with Crippen LogP contribution in [0, 0.1) is 6.92 Å². The number of carbonyl (C=O) groups excluding carboxylic acids is 1. The lowest BCUT2D eigenvalue weighted by Gasteiger charge is -2.02. The molecule has 0 aliphatic carbocycles. The lowest BCUT2D eigenvalue weighted by molar-refractivity contribution is 0.0998. The molecule has 4 rings (SSSR count). The number of furan rings is 1. The van der Waals surface area contributed by atoms with Gasteiger partial charge in [-0.25, -0.2) is 4.98 Å². The first kappa shape index (κ1) is 12.6. The first-order valence-corrected chi connectivity index (χ1v) is 6.95. The topological polar surface area (TPSA) is 70.9 Å². The Morgan fingerprint density at radius 1 is 1.18 bits per heavy atom. The Bertz CT molecular complexity index is 964. The van der Waals surface area contributed by atoms with E-state index in [2.05, 4.69) is 15.3 Å². The van der Waals surface area contributed by atoms with Gasteiger partial charge in [0.05, 0.1) is 11.0 Å². The van der Waals surface area contributed by atoms with Gasteiger partial charge >= 0.3 is 0 Å². The number of hydrogen-bond acceptors (Lipinski definition) is 3. The molecule has 22 heavy (non-hydrogen) atoms. The van der Waals surface area contributed by atoms with E-state index in [1.807, 2.05) is 49.4 Å². The van der Waals surface area contributed by atoms with Crippen molar-refractivity contribution in [1.82, 2.24) is 9.97 Å². The normalized spacial score (nSPS) is 11.1. The molecule has 0 atom stereocenters. The van der Waals surface area contributed by atoms with Crippen molar-refractivity contribution >= 4 is 33.6 Å². The number of carbonyl (C=O) groups is 1. The van der Waals surface area contributed by atoms with E-state index in [0.717, 1.165) is 22.2 Å².